The average molecular weight is 243 g/mol. The molecular weight excluding hydrogens is 226 g/mol. The van der Waals surface area contributed by atoms with Crippen molar-refractivity contribution in [1.82, 2.24) is 4.98 Å². The van der Waals surface area contributed by atoms with Gasteiger partial charge in [0.2, 0.25) is 0 Å². The first-order valence-electron chi connectivity index (χ1n) is 6.40. The van der Waals surface area contributed by atoms with Crippen LogP contribution >= 0.6 is 0 Å². The van der Waals surface area contributed by atoms with Gasteiger partial charge in [0.1, 0.15) is 0 Å². The van der Waals surface area contributed by atoms with Crippen LogP contribution in [0.1, 0.15) is 29.4 Å². The normalized spacial score (nSPS) is 14.8. The summed E-state index contributed by atoms with van der Waals surface area (Å²) in [5, 5.41) is 1.11. The lowest BCUT2D eigenvalue weighted by atomic mass is 10.1. The Labute approximate surface area is 106 Å². The number of hydrogen-bond donors (Lipinski definition) is 2. The van der Waals surface area contributed by atoms with Gasteiger partial charge in [-0.2, -0.15) is 0 Å². The van der Waals surface area contributed by atoms with Gasteiger partial charge in [-0.15, -0.1) is 0 Å². The Hall–Kier alpha value is -1.97. The number of nitrogens with one attached hydrogen (secondary N) is 1. The number of anilines is 1. The molecule has 2 heterocycles. The summed E-state index contributed by atoms with van der Waals surface area (Å²) in [7, 11) is 0. The van der Waals surface area contributed by atoms with Gasteiger partial charge >= 0.3 is 0 Å². The zero-order valence-corrected chi connectivity index (χ0v) is 10.5. The van der Waals surface area contributed by atoms with Gasteiger partial charge in [-0.1, -0.05) is 12.1 Å². The number of benzene rings is 1. The third kappa shape index (κ3) is 1.49. The highest BCUT2D eigenvalue weighted by Crippen LogP contribution is 2.36. The van der Waals surface area contributed by atoms with E-state index in [0.29, 0.717) is 5.56 Å². The summed E-state index contributed by atoms with van der Waals surface area (Å²) in [4.78, 5) is 17.2. The highest BCUT2D eigenvalue weighted by atomic mass is 16.1. The fraction of sp³-hybridized carbons (Fsp3) is 0.357. The molecule has 0 saturated heterocycles. The topological polar surface area (TPSA) is 62.1 Å². The second-order valence-electron chi connectivity index (χ2n) is 4.73. The van der Waals surface area contributed by atoms with Crippen LogP contribution in [0.15, 0.2) is 18.2 Å². The number of nitrogens with zero attached hydrogens (tertiary/aromatic N) is 1. The number of carbonyl (C=O) groups is 1. The molecule has 1 amide bonds. The minimum Gasteiger partial charge on any atom is -0.370 e. The van der Waals surface area contributed by atoms with Crippen molar-refractivity contribution in [2.24, 2.45) is 5.73 Å². The minimum absolute atomic E-state index is 0.373. The first-order chi connectivity index (χ1) is 8.72. The van der Waals surface area contributed by atoms with Gasteiger partial charge in [0, 0.05) is 24.2 Å². The van der Waals surface area contributed by atoms with Crippen LogP contribution in [0.3, 0.4) is 0 Å². The number of H-pyrrole nitrogens is 1. The molecule has 18 heavy (non-hydrogen) atoms. The fourth-order valence-corrected chi connectivity index (χ4v) is 2.88. The van der Waals surface area contributed by atoms with Gasteiger partial charge in [0.05, 0.1) is 16.8 Å². The van der Waals surface area contributed by atoms with E-state index in [2.05, 4.69) is 22.9 Å². The Morgan fingerprint density at radius 2 is 2.33 bits per heavy atom. The van der Waals surface area contributed by atoms with Gasteiger partial charge in [0.15, 0.2) is 0 Å². The largest absolute Gasteiger partial charge is 0.370 e. The van der Waals surface area contributed by atoms with Crippen molar-refractivity contribution in [2.45, 2.75) is 19.8 Å². The van der Waals surface area contributed by atoms with Gasteiger partial charge in [-0.25, -0.2) is 0 Å². The van der Waals surface area contributed by atoms with Crippen LogP contribution in [0, 0.1) is 0 Å². The van der Waals surface area contributed by atoms with E-state index in [0.717, 1.165) is 36.8 Å². The Morgan fingerprint density at radius 3 is 3.06 bits per heavy atom. The van der Waals surface area contributed by atoms with Crippen molar-refractivity contribution < 1.29 is 4.79 Å². The molecule has 94 valence electrons. The van der Waals surface area contributed by atoms with E-state index in [-0.39, 0.29) is 5.91 Å². The molecule has 0 fully saturated rings. The maximum Gasteiger partial charge on any atom is 0.250 e. The number of nitrogens with two attached hydrogens (primary N) is 1. The lowest BCUT2D eigenvalue weighted by molar-refractivity contribution is 0.100. The number of amides is 1. The molecule has 0 bridgehead atoms. The summed E-state index contributed by atoms with van der Waals surface area (Å²) < 4.78 is 0. The standard InChI is InChI=1S/C14H17N3O/c1-2-17-8-4-7-11-13(17)9-5-3-6-10(14(15)18)12(9)16-11/h3,5-6,16H,2,4,7-8H2,1H3,(H2,15,18). The summed E-state index contributed by atoms with van der Waals surface area (Å²) in [6.45, 7) is 4.23. The molecular formula is C14H17N3O. The van der Waals surface area contributed by atoms with Gasteiger partial charge in [0.25, 0.3) is 5.91 Å². The maximum absolute atomic E-state index is 11.5. The number of aromatic nitrogens is 1. The molecule has 0 aliphatic carbocycles. The SMILES string of the molecule is CCN1CCCc2[nH]c3c(C(N)=O)cccc3c21. The molecule has 0 radical (unpaired) electrons. The van der Waals surface area contributed by atoms with E-state index < -0.39 is 0 Å². The van der Waals surface area contributed by atoms with E-state index in [1.165, 1.54) is 11.4 Å². The summed E-state index contributed by atoms with van der Waals surface area (Å²) in [5.74, 6) is -0.373. The second kappa shape index (κ2) is 4.05. The smallest absolute Gasteiger partial charge is 0.250 e. The van der Waals surface area contributed by atoms with Crippen molar-refractivity contribution in [3.63, 3.8) is 0 Å². The minimum atomic E-state index is -0.373. The number of para-hydroxylation sites is 1. The Balaban J connectivity index is 2.30. The molecule has 3 N–H and O–H groups in total. The van der Waals surface area contributed by atoms with E-state index in [4.69, 9.17) is 5.73 Å². The predicted octanol–water partition coefficient (Wildman–Crippen LogP) is 2.04. The lowest BCUT2D eigenvalue weighted by Gasteiger charge is -2.28. The van der Waals surface area contributed by atoms with Gasteiger partial charge in [-0.3, -0.25) is 4.79 Å². The van der Waals surface area contributed by atoms with Crippen molar-refractivity contribution in [3.8, 4) is 0 Å². The molecule has 1 aromatic heterocycles. The first-order valence-corrected chi connectivity index (χ1v) is 6.40. The molecule has 4 nitrogen and oxygen atoms in total. The van der Waals surface area contributed by atoms with E-state index in [1.54, 1.807) is 6.07 Å². The van der Waals surface area contributed by atoms with Gasteiger partial charge in [-0.05, 0) is 25.8 Å². The fourth-order valence-electron chi connectivity index (χ4n) is 2.88. The van der Waals surface area contributed by atoms with Gasteiger partial charge < -0.3 is 15.6 Å². The molecule has 2 aromatic rings. The molecule has 1 aliphatic rings. The summed E-state index contributed by atoms with van der Waals surface area (Å²) in [6, 6.07) is 5.74. The van der Waals surface area contributed by atoms with Crippen molar-refractivity contribution in [2.75, 3.05) is 18.0 Å². The molecule has 0 atom stereocenters. The molecule has 1 aliphatic heterocycles. The van der Waals surface area contributed by atoms with E-state index >= 15 is 0 Å². The van der Waals surface area contributed by atoms with Crippen LogP contribution in [0.4, 0.5) is 5.69 Å². The number of aryl methyl sites for hydroxylation is 1. The van der Waals surface area contributed by atoms with Crippen LogP contribution in [0.5, 0.6) is 0 Å². The summed E-state index contributed by atoms with van der Waals surface area (Å²) in [6.07, 6.45) is 2.19. The van der Waals surface area contributed by atoms with E-state index in [1.807, 2.05) is 6.07 Å². The van der Waals surface area contributed by atoms with Crippen molar-refractivity contribution >= 4 is 22.5 Å². The Morgan fingerprint density at radius 1 is 1.50 bits per heavy atom. The third-order valence-electron chi connectivity index (χ3n) is 3.70. The number of rotatable bonds is 2. The number of primary amides is 1. The molecule has 4 heteroatoms. The van der Waals surface area contributed by atoms with Crippen LogP contribution in [-0.2, 0) is 6.42 Å². The van der Waals surface area contributed by atoms with E-state index in [9.17, 15) is 4.79 Å². The van der Waals surface area contributed by atoms with Crippen LogP contribution in [0.2, 0.25) is 0 Å². The monoisotopic (exact) mass is 243 g/mol. The lowest BCUT2D eigenvalue weighted by Crippen LogP contribution is -2.28. The quantitative estimate of drug-likeness (QED) is 0.847. The molecule has 1 aromatic carbocycles. The number of hydrogen-bond acceptors (Lipinski definition) is 2. The summed E-state index contributed by atoms with van der Waals surface area (Å²) in [5.41, 5.74) is 9.38. The average Bonchev–Trinajstić information content (AvgIpc) is 2.76. The highest BCUT2D eigenvalue weighted by Gasteiger charge is 2.22. The molecule has 0 unspecified atom stereocenters. The zero-order valence-electron chi connectivity index (χ0n) is 10.5. The molecule has 0 spiro atoms. The highest BCUT2D eigenvalue weighted by molar-refractivity contribution is 6.09. The third-order valence-corrected chi connectivity index (χ3v) is 3.70. The van der Waals surface area contributed by atoms with Crippen molar-refractivity contribution in [1.29, 1.82) is 0 Å². The number of carbonyl (C=O) groups excluding carboxylic acids is 1. The molecule has 3 rings (SSSR count). The maximum atomic E-state index is 11.5. The Kier molecular flexibility index (Phi) is 2.51. The van der Waals surface area contributed by atoms with Crippen LogP contribution in [0.25, 0.3) is 10.9 Å². The Bertz CT molecular complexity index is 615. The second-order valence-corrected chi connectivity index (χ2v) is 4.73. The van der Waals surface area contributed by atoms with Crippen LogP contribution in [-0.4, -0.2) is 24.0 Å². The summed E-state index contributed by atoms with van der Waals surface area (Å²) >= 11 is 0. The van der Waals surface area contributed by atoms with Crippen LogP contribution < -0.4 is 10.6 Å². The zero-order chi connectivity index (χ0) is 12.7. The predicted molar refractivity (Wildman–Crippen MR) is 73.0 cm³/mol. The number of fused-ring (bicyclic) bond motifs is 3. The first kappa shape index (κ1) is 11.1. The number of aromatic amines is 1. The van der Waals surface area contributed by atoms with Crippen molar-refractivity contribution in [3.05, 3.63) is 29.5 Å². The molecule has 0 saturated carbocycles.